The van der Waals surface area contributed by atoms with Crippen LogP contribution in [0.2, 0.25) is 0 Å². The molecule has 3 nitrogen and oxygen atoms in total. The fraction of sp³-hybridized carbons (Fsp3) is 0.429. The zero-order valence-corrected chi connectivity index (χ0v) is 6.13. The molecule has 1 aromatic heterocycles. The molecule has 1 heterocycles. The van der Waals surface area contributed by atoms with Crippen LogP contribution in [-0.4, -0.2) is 15.1 Å². The van der Waals surface area contributed by atoms with Crippen molar-refractivity contribution >= 4 is 0 Å². The Labute approximate surface area is 59.8 Å². The van der Waals surface area contributed by atoms with E-state index in [9.17, 15) is 0 Å². The largest absolute Gasteiger partial charge is 0.390 e. The van der Waals surface area contributed by atoms with Gasteiger partial charge in [-0.2, -0.15) is 0 Å². The number of rotatable bonds is 1. The van der Waals surface area contributed by atoms with E-state index in [1.807, 2.05) is 13.8 Å². The molecule has 0 aromatic carbocycles. The van der Waals surface area contributed by atoms with Crippen LogP contribution in [0.15, 0.2) is 6.33 Å². The van der Waals surface area contributed by atoms with Crippen molar-refractivity contribution in [2.75, 3.05) is 0 Å². The predicted molar refractivity (Wildman–Crippen MR) is 37.4 cm³/mol. The lowest BCUT2D eigenvalue weighted by molar-refractivity contribution is 0.275. The molecule has 0 saturated heterocycles. The maximum absolute atomic E-state index is 8.75. The topological polar surface area (TPSA) is 46.0 Å². The van der Waals surface area contributed by atoms with Gasteiger partial charge in [-0.1, -0.05) is 0 Å². The van der Waals surface area contributed by atoms with Crippen molar-refractivity contribution in [2.45, 2.75) is 20.5 Å². The fourth-order valence-electron chi connectivity index (χ4n) is 0.747. The van der Waals surface area contributed by atoms with E-state index in [2.05, 4.69) is 9.97 Å². The monoisotopic (exact) mass is 138 g/mol. The van der Waals surface area contributed by atoms with E-state index in [-0.39, 0.29) is 6.61 Å². The number of aliphatic hydroxyl groups is 1. The van der Waals surface area contributed by atoms with E-state index in [0.717, 1.165) is 11.3 Å². The summed E-state index contributed by atoms with van der Waals surface area (Å²) in [6.45, 7) is 3.80. The summed E-state index contributed by atoms with van der Waals surface area (Å²) in [7, 11) is 0. The van der Waals surface area contributed by atoms with Gasteiger partial charge in [0.1, 0.15) is 6.33 Å². The van der Waals surface area contributed by atoms with Crippen molar-refractivity contribution in [3.63, 3.8) is 0 Å². The molecule has 0 amide bonds. The van der Waals surface area contributed by atoms with Crippen molar-refractivity contribution in [2.24, 2.45) is 0 Å². The van der Waals surface area contributed by atoms with E-state index in [4.69, 9.17) is 5.11 Å². The van der Waals surface area contributed by atoms with E-state index >= 15 is 0 Å². The van der Waals surface area contributed by atoms with Crippen LogP contribution in [0.5, 0.6) is 0 Å². The van der Waals surface area contributed by atoms with Crippen LogP contribution in [-0.2, 0) is 6.61 Å². The lowest BCUT2D eigenvalue weighted by Crippen LogP contribution is -1.97. The van der Waals surface area contributed by atoms with E-state index in [0.29, 0.717) is 5.69 Å². The molecule has 0 atom stereocenters. The third-order valence-corrected chi connectivity index (χ3v) is 1.59. The minimum absolute atomic E-state index is 0.00477. The van der Waals surface area contributed by atoms with Gasteiger partial charge in [-0.05, 0) is 19.4 Å². The number of hydrogen-bond donors (Lipinski definition) is 1. The molecule has 0 unspecified atom stereocenters. The molecule has 3 heteroatoms. The van der Waals surface area contributed by atoms with Gasteiger partial charge in [0, 0.05) is 5.69 Å². The molecule has 0 aliphatic rings. The van der Waals surface area contributed by atoms with Crippen LogP contribution in [0.25, 0.3) is 0 Å². The highest BCUT2D eigenvalue weighted by atomic mass is 16.3. The van der Waals surface area contributed by atoms with Crippen LogP contribution >= 0.6 is 0 Å². The van der Waals surface area contributed by atoms with Gasteiger partial charge in [-0.15, -0.1) is 0 Å². The average Bonchev–Trinajstić information content (AvgIpc) is 1.95. The summed E-state index contributed by atoms with van der Waals surface area (Å²) in [4.78, 5) is 7.86. The summed E-state index contributed by atoms with van der Waals surface area (Å²) in [5.74, 6) is 0. The van der Waals surface area contributed by atoms with Gasteiger partial charge < -0.3 is 5.11 Å². The minimum atomic E-state index is -0.00477. The Kier molecular flexibility index (Phi) is 1.97. The summed E-state index contributed by atoms with van der Waals surface area (Å²) in [5, 5.41) is 8.75. The number of hydrogen-bond acceptors (Lipinski definition) is 3. The van der Waals surface area contributed by atoms with Gasteiger partial charge in [0.15, 0.2) is 0 Å². The van der Waals surface area contributed by atoms with Gasteiger partial charge in [-0.25, -0.2) is 9.97 Å². The second-order valence-electron chi connectivity index (χ2n) is 2.19. The van der Waals surface area contributed by atoms with Crippen LogP contribution in [0.1, 0.15) is 17.0 Å². The molecule has 1 N–H and O–H groups in total. The van der Waals surface area contributed by atoms with Crippen molar-refractivity contribution in [3.05, 3.63) is 23.3 Å². The Morgan fingerprint density at radius 3 is 2.60 bits per heavy atom. The molecule has 10 heavy (non-hydrogen) atoms. The van der Waals surface area contributed by atoms with E-state index < -0.39 is 0 Å². The molecular formula is C7H10N2O. The summed E-state index contributed by atoms with van der Waals surface area (Å²) in [6.07, 6.45) is 1.47. The highest BCUT2D eigenvalue weighted by Gasteiger charge is 1.99. The van der Waals surface area contributed by atoms with Crippen LogP contribution in [0.3, 0.4) is 0 Å². The molecule has 0 bridgehead atoms. The van der Waals surface area contributed by atoms with Crippen molar-refractivity contribution in [3.8, 4) is 0 Å². The summed E-state index contributed by atoms with van der Waals surface area (Å²) in [6, 6.07) is 0. The summed E-state index contributed by atoms with van der Waals surface area (Å²) >= 11 is 0. The molecule has 0 aliphatic heterocycles. The Balaban J connectivity index is 3.14. The fourth-order valence-corrected chi connectivity index (χ4v) is 0.747. The van der Waals surface area contributed by atoms with E-state index in [1.54, 1.807) is 0 Å². The highest BCUT2D eigenvalue weighted by molar-refractivity contribution is 5.20. The zero-order valence-electron chi connectivity index (χ0n) is 6.13. The Morgan fingerprint density at radius 2 is 2.10 bits per heavy atom. The Morgan fingerprint density at radius 1 is 1.40 bits per heavy atom. The molecule has 54 valence electrons. The zero-order chi connectivity index (χ0) is 7.56. The number of nitrogens with zero attached hydrogens (tertiary/aromatic N) is 2. The van der Waals surface area contributed by atoms with E-state index in [1.165, 1.54) is 6.33 Å². The van der Waals surface area contributed by atoms with Crippen LogP contribution in [0.4, 0.5) is 0 Å². The molecule has 0 radical (unpaired) electrons. The molecule has 1 rings (SSSR count). The summed E-state index contributed by atoms with van der Waals surface area (Å²) < 4.78 is 0. The number of aryl methyl sites for hydroxylation is 1. The third kappa shape index (κ3) is 1.14. The van der Waals surface area contributed by atoms with Gasteiger partial charge in [0.25, 0.3) is 0 Å². The minimum Gasteiger partial charge on any atom is -0.390 e. The van der Waals surface area contributed by atoms with Crippen molar-refractivity contribution < 1.29 is 5.11 Å². The molecule has 0 saturated carbocycles. The first kappa shape index (κ1) is 7.15. The average molecular weight is 138 g/mol. The van der Waals surface area contributed by atoms with Crippen molar-refractivity contribution in [1.29, 1.82) is 0 Å². The molecule has 0 spiro atoms. The maximum Gasteiger partial charge on any atom is 0.116 e. The first-order chi connectivity index (χ1) is 4.75. The highest BCUT2D eigenvalue weighted by Crippen LogP contribution is 2.05. The molecule has 1 aromatic rings. The lowest BCUT2D eigenvalue weighted by atomic mass is 10.2. The quantitative estimate of drug-likeness (QED) is 0.617. The standard InChI is InChI=1S/C7H10N2O/c1-5-6(2)8-4-9-7(5)3-10/h4,10H,3H2,1-2H3. The second-order valence-corrected chi connectivity index (χ2v) is 2.19. The first-order valence-corrected chi connectivity index (χ1v) is 3.13. The molecule has 0 aliphatic carbocycles. The third-order valence-electron chi connectivity index (χ3n) is 1.59. The van der Waals surface area contributed by atoms with Crippen molar-refractivity contribution in [1.82, 2.24) is 9.97 Å². The molecule has 0 fully saturated rings. The lowest BCUT2D eigenvalue weighted by Gasteiger charge is -2.01. The van der Waals surface area contributed by atoms with Gasteiger partial charge >= 0.3 is 0 Å². The Bertz CT molecular complexity index is 235. The first-order valence-electron chi connectivity index (χ1n) is 3.13. The number of aromatic nitrogens is 2. The molecular weight excluding hydrogens is 128 g/mol. The predicted octanol–water partition coefficient (Wildman–Crippen LogP) is 0.586. The smallest absolute Gasteiger partial charge is 0.116 e. The second kappa shape index (κ2) is 2.75. The SMILES string of the molecule is Cc1ncnc(CO)c1C. The van der Waals surface area contributed by atoms with Crippen LogP contribution in [0, 0.1) is 13.8 Å². The summed E-state index contributed by atoms with van der Waals surface area (Å²) in [5.41, 5.74) is 2.62. The normalized spacial score (nSPS) is 9.90. The number of aliphatic hydroxyl groups excluding tert-OH is 1. The Hall–Kier alpha value is -0.960. The van der Waals surface area contributed by atoms with Crippen LogP contribution < -0.4 is 0 Å². The van der Waals surface area contributed by atoms with Gasteiger partial charge in [-0.3, -0.25) is 0 Å². The van der Waals surface area contributed by atoms with Gasteiger partial charge in [0.05, 0.1) is 12.3 Å². The van der Waals surface area contributed by atoms with Gasteiger partial charge in [0.2, 0.25) is 0 Å². The maximum atomic E-state index is 8.75.